The van der Waals surface area contributed by atoms with Crippen molar-refractivity contribution in [1.29, 1.82) is 0 Å². The summed E-state index contributed by atoms with van der Waals surface area (Å²) in [6.45, 7) is 3.49. The van der Waals surface area contributed by atoms with Crippen molar-refractivity contribution in [2.24, 2.45) is 17.6 Å². The van der Waals surface area contributed by atoms with Crippen molar-refractivity contribution in [2.45, 2.75) is 49.5 Å². The molecule has 4 aliphatic rings. The molecule has 1 aromatic rings. The number of phenolic OH excluding ortho intramolecular Hbond substituents is 1. The first kappa shape index (κ1) is 29.1. The Bertz CT molecular complexity index is 1400. The summed E-state index contributed by atoms with van der Waals surface area (Å²) in [5.41, 5.74) is 1.91. The Morgan fingerprint density at radius 3 is 2.27 bits per heavy atom. The van der Waals surface area contributed by atoms with Crippen LogP contribution in [0.1, 0.15) is 41.6 Å². The van der Waals surface area contributed by atoms with Crippen molar-refractivity contribution >= 4 is 23.2 Å². The second-order valence-corrected chi connectivity index (χ2v) is 12.1. The lowest BCUT2D eigenvalue weighted by molar-refractivity contribution is -0.162. The van der Waals surface area contributed by atoms with Crippen molar-refractivity contribution in [2.75, 3.05) is 46.2 Å². The maximum absolute atomic E-state index is 14.1. The number of hydrogen-bond donors (Lipinski definition) is 6. The molecule has 222 valence electrons. The van der Waals surface area contributed by atoms with Crippen molar-refractivity contribution in [3.63, 3.8) is 0 Å². The molecule has 0 spiro atoms. The molecule has 6 unspecified atom stereocenters. The van der Waals surface area contributed by atoms with Crippen LogP contribution in [0.2, 0.25) is 0 Å². The molecule has 5 rings (SSSR count). The fraction of sp³-hybridized carbons (Fsp3) is 0.552. The second-order valence-electron chi connectivity index (χ2n) is 12.1. The number of phenols is 1. The first-order valence-corrected chi connectivity index (χ1v) is 13.8. The van der Waals surface area contributed by atoms with Gasteiger partial charge in [0.15, 0.2) is 11.4 Å². The number of amides is 1. The van der Waals surface area contributed by atoms with E-state index in [1.807, 2.05) is 19.0 Å². The predicted octanol–water partition coefficient (Wildman–Crippen LogP) is 0.183. The number of aliphatic hydroxyl groups is 4. The number of anilines is 1. The van der Waals surface area contributed by atoms with E-state index < -0.39 is 75.6 Å². The van der Waals surface area contributed by atoms with Gasteiger partial charge in [0.2, 0.25) is 5.78 Å². The normalized spacial score (nSPS) is 32.6. The molecule has 0 bridgehead atoms. The molecule has 3 aliphatic carbocycles. The summed E-state index contributed by atoms with van der Waals surface area (Å²) >= 11 is 0. The highest BCUT2D eigenvalue weighted by atomic mass is 16.4. The van der Waals surface area contributed by atoms with Crippen LogP contribution in [0.4, 0.5) is 5.69 Å². The third-order valence-electron chi connectivity index (χ3n) is 9.73. The number of carbonyl (C=O) groups excluding carboxylic acids is 3. The fourth-order valence-corrected chi connectivity index (χ4v) is 7.48. The summed E-state index contributed by atoms with van der Waals surface area (Å²) in [6.07, 6.45) is 0.107. The highest BCUT2D eigenvalue weighted by Crippen LogP contribution is 2.56. The molecular weight excluding hydrogens is 532 g/mol. The van der Waals surface area contributed by atoms with E-state index in [4.69, 9.17) is 5.73 Å². The van der Waals surface area contributed by atoms with E-state index in [1.165, 1.54) is 19.0 Å². The van der Waals surface area contributed by atoms with Gasteiger partial charge in [-0.15, -0.1) is 0 Å². The van der Waals surface area contributed by atoms with Crippen LogP contribution in [0, 0.1) is 11.8 Å². The molecule has 12 nitrogen and oxygen atoms in total. The fourth-order valence-electron chi connectivity index (χ4n) is 7.48. The zero-order valence-corrected chi connectivity index (χ0v) is 23.8. The molecule has 0 saturated carbocycles. The molecule has 1 aromatic carbocycles. The third-order valence-corrected chi connectivity index (χ3v) is 9.73. The van der Waals surface area contributed by atoms with Crippen molar-refractivity contribution in [1.82, 2.24) is 9.80 Å². The van der Waals surface area contributed by atoms with Crippen LogP contribution in [0.15, 0.2) is 34.8 Å². The minimum absolute atomic E-state index is 0.0808. The van der Waals surface area contributed by atoms with E-state index in [0.29, 0.717) is 11.3 Å². The van der Waals surface area contributed by atoms with E-state index >= 15 is 0 Å². The Hall–Kier alpha value is -3.45. The van der Waals surface area contributed by atoms with E-state index in [2.05, 4.69) is 4.90 Å². The number of piperidine rings is 1. The Balaban J connectivity index is 1.67. The Labute approximate surface area is 237 Å². The maximum Gasteiger partial charge on any atom is 0.255 e. The summed E-state index contributed by atoms with van der Waals surface area (Å²) < 4.78 is 0. The number of benzene rings is 1. The average Bonchev–Trinajstić information content (AvgIpc) is 2.90. The van der Waals surface area contributed by atoms with Crippen LogP contribution >= 0.6 is 0 Å². The number of aliphatic hydroxyl groups excluding tert-OH is 3. The lowest BCUT2D eigenvalue weighted by Gasteiger charge is -2.53. The highest BCUT2D eigenvalue weighted by Gasteiger charge is 2.67. The largest absolute Gasteiger partial charge is 0.510 e. The molecule has 6 atom stereocenters. The number of carbonyl (C=O) groups is 3. The summed E-state index contributed by atoms with van der Waals surface area (Å²) in [4.78, 5) is 45.3. The quantitative estimate of drug-likeness (QED) is 0.271. The number of nitrogens with two attached hydrogens (primary N) is 1. The van der Waals surface area contributed by atoms with Crippen LogP contribution < -0.4 is 10.6 Å². The van der Waals surface area contributed by atoms with Gasteiger partial charge in [-0.25, -0.2) is 0 Å². The minimum atomic E-state index is -2.93. The van der Waals surface area contributed by atoms with Gasteiger partial charge < -0.3 is 41.1 Å². The molecule has 1 heterocycles. The SMILES string of the molecule is CC1c2ccc(N(C)C3CCN(C)CC3)c(O)c2C(=O)C2=C(O)C3(O)C(=O)C(C(N)=O)=C(O)C(N(C)C)C3C(O)C21. The number of aromatic hydroxyl groups is 1. The van der Waals surface area contributed by atoms with Gasteiger partial charge in [-0.2, -0.15) is 0 Å². The van der Waals surface area contributed by atoms with Gasteiger partial charge >= 0.3 is 0 Å². The van der Waals surface area contributed by atoms with E-state index in [9.17, 15) is 39.9 Å². The second kappa shape index (κ2) is 9.83. The number of likely N-dealkylation sites (N-methyl/N-ethyl adjacent to an activating group) is 1. The molecule has 1 aliphatic heterocycles. The first-order chi connectivity index (χ1) is 19.2. The van der Waals surface area contributed by atoms with E-state index in [1.54, 1.807) is 19.1 Å². The number of fused-ring (bicyclic) bond motifs is 3. The van der Waals surface area contributed by atoms with Crippen molar-refractivity contribution in [3.8, 4) is 5.75 Å². The molecular formula is C29H38N4O8. The Morgan fingerprint density at radius 1 is 1.10 bits per heavy atom. The molecule has 7 N–H and O–H groups in total. The third kappa shape index (κ3) is 3.92. The van der Waals surface area contributed by atoms with Crippen LogP contribution in [-0.4, -0.2) is 118 Å². The minimum Gasteiger partial charge on any atom is -0.510 e. The number of rotatable bonds is 4. The summed E-state index contributed by atoms with van der Waals surface area (Å²) in [6, 6.07) is 2.29. The molecule has 0 radical (unpaired) electrons. The van der Waals surface area contributed by atoms with Crippen molar-refractivity contribution < 1.29 is 39.9 Å². The Morgan fingerprint density at radius 2 is 1.71 bits per heavy atom. The summed E-state index contributed by atoms with van der Waals surface area (Å²) in [5, 5.41) is 57.4. The topological polar surface area (TPSA) is 188 Å². The smallest absolute Gasteiger partial charge is 0.255 e. The number of likely N-dealkylation sites (tertiary alicyclic amines) is 1. The van der Waals surface area contributed by atoms with Crippen LogP contribution in [0.25, 0.3) is 0 Å². The number of primary amides is 1. The molecule has 1 saturated heterocycles. The highest BCUT2D eigenvalue weighted by molar-refractivity contribution is 6.25. The monoisotopic (exact) mass is 570 g/mol. The Kier molecular flexibility index (Phi) is 6.97. The van der Waals surface area contributed by atoms with Gasteiger partial charge in [-0.3, -0.25) is 19.3 Å². The molecule has 12 heteroatoms. The van der Waals surface area contributed by atoms with E-state index in [0.717, 1.165) is 25.9 Å². The van der Waals surface area contributed by atoms with Crippen LogP contribution in [0.3, 0.4) is 0 Å². The number of nitrogens with zero attached hydrogens (tertiary/aromatic N) is 3. The van der Waals surface area contributed by atoms with Gasteiger partial charge in [0, 0.05) is 24.6 Å². The van der Waals surface area contributed by atoms with Gasteiger partial charge in [0.25, 0.3) is 5.91 Å². The van der Waals surface area contributed by atoms with Crippen LogP contribution in [-0.2, 0) is 9.59 Å². The predicted molar refractivity (Wildman–Crippen MR) is 149 cm³/mol. The molecule has 1 amide bonds. The van der Waals surface area contributed by atoms with Gasteiger partial charge in [-0.1, -0.05) is 13.0 Å². The van der Waals surface area contributed by atoms with Gasteiger partial charge in [-0.05, 0) is 64.6 Å². The zero-order chi connectivity index (χ0) is 30.3. The van der Waals surface area contributed by atoms with Crippen LogP contribution in [0.5, 0.6) is 5.75 Å². The lowest BCUT2D eigenvalue weighted by Crippen LogP contribution is -2.68. The van der Waals surface area contributed by atoms with Gasteiger partial charge in [0.1, 0.15) is 22.8 Å². The standard InChI is InChI=1S/C29H38N4O8/c1-12-14-6-7-15(33(5)13-8-10-32(4)11-9-13)22(34)17(14)23(35)18-16(12)24(36)20-21(31(2)3)25(37)19(28(30)40)27(39)29(20,41)26(18)38/h6-7,12-13,16,20-21,24,34,36-38,41H,8-11H2,1-5H3,(H2,30,40). The summed E-state index contributed by atoms with van der Waals surface area (Å²) in [7, 11) is 6.90. The molecule has 41 heavy (non-hydrogen) atoms. The number of hydrogen-bond acceptors (Lipinski definition) is 11. The van der Waals surface area contributed by atoms with Crippen molar-refractivity contribution in [3.05, 3.63) is 45.9 Å². The van der Waals surface area contributed by atoms with E-state index in [-0.39, 0.29) is 17.4 Å². The number of ketones is 2. The average molecular weight is 571 g/mol. The number of Topliss-reactive ketones (excluding diaryl/α,β-unsaturated/α-hetero) is 2. The first-order valence-electron chi connectivity index (χ1n) is 13.8. The zero-order valence-electron chi connectivity index (χ0n) is 23.8. The molecule has 0 aromatic heterocycles. The lowest BCUT2D eigenvalue weighted by atomic mass is 9.55. The maximum atomic E-state index is 14.1. The summed E-state index contributed by atoms with van der Waals surface area (Å²) in [5.74, 6) is -8.88. The molecule has 1 fully saturated rings. The van der Waals surface area contributed by atoms with Gasteiger partial charge in [0.05, 0.1) is 29.3 Å².